The van der Waals surface area contributed by atoms with E-state index in [2.05, 4.69) is 5.32 Å². The Kier molecular flexibility index (Phi) is 3.84. The molecule has 0 saturated carbocycles. The number of ether oxygens (including phenoxy) is 2. The number of urea groups is 1. The van der Waals surface area contributed by atoms with E-state index >= 15 is 0 Å². The lowest BCUT2D eigenvalue weighted by Gasteiger charge is -2.12. The first-order chi connectivity index (χ1) is 12.5. The average molecular weight is 354 g/mol. The van der Waals surface area contributed by atoms with Crippen LogP contribution in [0.2, 0.25) is 0 Å². The monoisotopic (exact) mass is 354 g/mol. The zero-order chi connectivity index (χ0) is 18.3. The summed E-state index contributed by atoms with van der Waals surface area (Å²) in [4.78, 5) is 25.7. The fourth-order valence-electron chi connectivity index (χ4n) is 2.88. The Hall–Kier alpha value is -3.35. The molecule has 2 aromatic rings. The molecule has 0 unspecified atom stereocenters. The number of halogens is 1. The van der Waals surface area contributed by atoms with E-state index in [1.54, 1.807) is 30.3 Å². The summed E-state index contributed by atoms with van der Waals surface area (Å²) in [7, 11) is 0. The Bertz CT molecular complexity index is 955. The van der Waals surface area contributed by atoms with E-state index in [0.29, 0.717) is 11.5 Å². The van der Waals surface area contributed by atoms with Gasteiger partial charge in [0.25, 0.3) is 5.91 Å². The molecular formula is C19H15FN2O4. The maximum absolute atomic E-state index is 13.8. The summed E-state index contributed by atoms with van der Waals surface area (Å²) in [5.41, 5.74) is 2.01. The number of nitrogens with one attached hydrogen (secondary N) is 1. The molecule has 2 aromatic carbocycles. The van der Waals surface area contributed by atoms with E-state index in [9.17, 15) is 14.0 Å². The molecule has 0 bridgehead atoms. The summed E-state index contributed by atoms with van der Waals surface area (Å²) >= 11 is 0. The first-order valence-corrected chi connectivity index (χ1v) is 8.01. The minimum atomic E-state index is -0.581. The maximum Gasteiger partial charge on any atom is 0.329 e. The molecule has 132 valence electrons. The molecule has 26 heavy (non-hydrogen) atoms. The number of benzene rings is 2. The molecule has 6 nitrogen and oxygen atoms in total. The SMILES string of the molecule is Cc1cc2c(cc1/C=C1/NC(=O)N(Cc3ccccc3F)C1=O)OCO2. The molecule has 0 atom stereocenters. The highest BCUT2D eigenvalue weighted by Crippen LogP contribution is 2.35. The van der Waals surface area contributed by atoms with E-state index in [4.69, 9.17) is 9.47 Å². The largest absolute Gasteiger partial charge is 0.454 e. The molecule has 3 amide bonds. The number of hydrogen-bond donors (Lipinski definition) is 1. The molecule has 0 aromatic heterocycles. The summed E-state index contributed by atoms with van der Waals surface area (Å²) in [6.45, 7) is 1.89. The van der Waals surface area contributed by atoms with Gasteiger partial charge in [-0.15, -0.1) is 0 Å². The summed E-state index contributed by atoms with van der Waals surface area (Å²) in [5.74, 6) is 0.266. The van der Waals surface area contributed by atoms with Gasteiger partial charge in [-0.2, -0.15) is 0 Å². The lowest BCUT2D eigenvalue weighted by atomic mass is 10.1. The van der Waals surface area contributed by atoms with Crippen molar-refractivity contribution in [2.75, 3.05) is 6.79 Å². The molecule has 0 spiro atoms. The molecule has 4 rings (SSSR count). The Labute approximate surface area is 148 Å². The Morgan fingerprint density at radius 1 is 1.19 bits per heavy atom. The van der Waals surface area contributed by atoms with Crippen LogP contribution in [0.5, 0.6) is 11.5 Å². The molecule has 0 aliphatic carbocycles. The van der Waals surface area contributed by atoms with Crippen molar-refractivity contribution in [1.82, 2.24) is 10.2 Å². The summed E-state index contributed by atoms with van der Waals surface area (Å²) in [6.07, 6.45) is 1.58. The van der Waals surface area contributed by atoms with Gasteiger partial charge in [-0.3, -0.25) is 9.69 Å². The van der Waals surface area contributed by atoms with Crippen LogP contribution in [0.15, 0.2) is 42.1 Å². The number of fused-ring (bicyclic) bond motifs is 1. The second kappa shape index (κ2) is 6.18. The van der Waals surface area contributed by atoms with Crippen molar-refractivity contribution >= 4 is 18.0 Å². The first-order valence-electron chi connectivity index (χ1n) is 8.01. The van der Waals surface area contributed by atoms with Crippen LogP contribution in [-0.4, -0.2) is 23.6 Å². The Morgan fingerprint density at radius 2 is 1.92 bits per heavy atom. The van der Waals surface area contributed by atoms with Crippen molar-refractivity contribution in [2.45, 2.75) is 13.5 Å². The third-order valence-corrected chi connectivity index (χ3v) is 4.31. The van der Waals surface area contributed by atoms with Crippen molar-refractivity contribution in [2.24, 2.45) is 0 Å². The predicted molar refractivity (Wildman–Crippen MR) is 90.8 cm³/mol. The maximum atomic E-state index is 13.8. The lowest BCUT2D eigenvalue weighted by Crippen LogP contribution is -2.30. The van der Waals surface area contributed by atoms with Crippen molar-refractivity contribution in [3.63, 3.8) is 0 Å². The van der Waals surface area contributed by atoms with Gasteiger partial charge >= 0.3 is 6.03 Å². The molecule has 2 aliphatic rings. The number of amides is 3. The van der Waals surface area contributed by atoms with E-state index in [1.165, 1.54) is 6.07 Å². The molecule has 7 heteroatoms. The van der Waals surface area contributed by atoms with Crippen molar-refractivity contribution < 1.29 is 23.5 Å². The minimum Gasteiger partial charge on any atom is -0.454 e. The number of imide groups is 1. The topological polar surface area (TPSA) is 67.9 Å². The van der Waals surface area contributed by atoms with E-state index < -0.39 is 17.8 Å². The van der Waals surface area contributed by atoms with Crippen molar-refractivity contribution in [3.05, 3.63) is 64.6 Å². The summed E-state index contributed by atoms with van der Waals surface area (Å²) in [5, 5.41) is 2.54. The molecule has 2 aliphatic heterocycles. The fourth-order valence-corrected chi connectivity index (χ4v) is 2.88. The van der Waals surface area contributed by atoms with Crippen LogP contribution in [0.1, 0.15) is 16.7 Å². The van der Waals surface area contributed by atoms with Crippen molar-refractivity contribution in [1.29, 1.82) is 0 Å². The molecule has 1 fully saturated rings. The Balaban J connectivity index is 1.61. The minimum absolute atomic E-state index is 0.130. The van der Waals surface area contributed by atoms with E-state index in [1.807, 2.05) is 13.0 Å². The van der Waals surface area contributed by atoms with Gasteiger partial charge in [-0.05, 0) is 42.3 Å². The predicted octanol–water partition coefficient (Wildman–Crippen LogP) is 2.96. The molecule has 0 radical (unpaired) electrons. The van der Waals surface area contributed by atoms with Gasteiger partial charge in [0.05, 0.1) is 6.54 Å². The van der Waals surface area contributed by atoms with Gasteiger partial charge in [0.1, 0.15) is 11.5 Å². The quantitative estimate of drug-likeness (QED) is 0.680. The molecular weight excluding hydrogens is 339 g/mol. The second-order valence-corrected chi connectivity index (χ2v) is 6.03. The van der Waals surface area contributed by atoms with Crippen LogP contribution >= 0.6 is 0 Å². The third-order valence-electron chi connectivity index (χ3n) is 4.31. The van der Waals surface area contributed by atoms with Crippen LogP contribution < -0.4 is 14.8 Å². The molecule has 1 saturated heterocycles. The summed E-state index contributed by atoms with van der Waals surface area (Å²) in [6, 6.07) is 9.03. The Morgan fingerprint density at radius 3 is 2.69 bits per heavy atom. The zero-order valence-electron chi connectivity index (χ0n) is 13.9. The van der Waals surface area contributed by atoms with E-state index in [-0.39, 0.29) is 24.6 Å². The number of nitrogens with zero attached hydrogens (tertiary/aromatic N) is 1. The van der Waals surface area contributed by atoms with Crippen molar-refractivity contribution in [3.8, 4) is 11.5 Å². The highest BCUT2D eigenvalue weighted by molar-refractivity contribution is 6.14. The third kappa shape index (κ3) is 2.77. The first kappa shape index (κ1) is 16.1. The number of carbonyl (C=O) groups is 2. The number of aryl methyl sites for hydroxylation is 1. The lowest BCUT2D eigenvalue weighted by molar-refractivity contribution is -0.123. The number of hydrogen-bond acceptors (Lipinski definition) is 4. The van der Waals surface area contributed by atoms with Crippen LogP contribution in [-0.2, 0) is 11.3 Å². The van der Waals surface area contributed by atoms with Gasteiger partial charge in [-0.25, -0.2) is 9.18 Å². The van der Waals surface area contributed by atoms with Gasteiger partial charge in [-0.1, -0.05) is 18.2 Å². The molecule has 1 N–H and O–H groups in total. The number of rotatable bonds is 3. The second-order valence-electron chi connectivity index (χ2n) is 6.03. The van der Waals surface area contributed by atoms with Crippen LogP contribution in [0.25, 0.3) is 6.08 Å². The molecule has 2 heterocycles. The van der Waals surface area contributed by atoms with Gasteiger partial charge in [0.15, 0.2) is 11.5 Å². The van der Waals surface area contributed by atoms with Crippen LogP contribution in [0.4, 0.5) is 9.18 Å². The summed E-state index contributed by atoms with van der Waals surface area (Å²) < 4.78 is 24.5. The normalized spacial score (nSPS) is 17.2. The van der Waals surface area contributed by atoms with Crippen LogP contribution in [0, 0.1) is 12.7 Å². The fraction of sp³-hybridized carbons (Fsp3) is 0.158. The zero-order valence-corrected chi connectivity index (χ0v) is 13.9. The van der Waals surface area contributed by atoms with Gasteiger partial charge < -0.3 is 14.8 Å². The van der Waals surface area contributed by atoms with Crippen LogP contribution in [0.3, 0.4) is 0 Å². The van der Waals surface area contributed by atoms with Gasteiger partial charge in [0.2, 0.25) is 6.79 Å². The highest BCUT2D eigenvalue weighted by atomic mass is 19.1. The number of carbonyl (C=O) groups excluding carboxylic acids is 2. The standard InChI is InChI=1S/C19H15FN2O4/c1-11-6-16-17(26-10-25-16)8-13(11)7-15-18(23)22(19(24)21-15)9-12-4-2-3-5-14(12)20/h2-8H,9-10H2,1H3,(H,21,24)/b15-7+. The van der Waals surface area contributed by atoms with E-state index in [0.717, 1.165) is 16.0 Å². The smallest absolute Gasteiger partial charge is 0.329 e. The van der Waals surface area contributed by atoms with Gasteiger partial charge in [0, 0.05) is 5.56 Å². The average Bonchev–Trinajstić information content (AvgIpc) is 3.16. The highest BCUT2D eigenvalue weighted by Gasteiger charge is 2.34.